The number of urea groups is 1. The van der Waals surface area contributed by atoms with Gasteiger partial charge < -0.3 is 20.4 Å². The Hall–Kier alpha value is -3.53. The number of benzene rings is 2. The van der Waals surface area contributed by atoms with Crippen molar-refractivity contribution in [3.63, 3.8) is 0 Å². The van der Waals surface area contributed by atoms with Crippen LogP contribution in [0.3, 0.4) is 0 Å². The van der Waals surface area contributed by atoms with Crippen molar-refractivity contribution in [1.82, 2.24) is 20.6 Å². The minimum atomic E-state index is -0.557. The number of amides is 3. The second-order valence-electron chi connectivity index (χ2n) is 7.75. The van der Waals surface area contributed by atoms with Crippen LogP contribution in [0.1, 0.15) is 22.3 Å². The number of nitrogens with one attached hydrogen (secondary N) is 4. The Kier molecular flexibility index (Phi) is 8.48. The SMILES string of the molecule is COC(=O)Nc1ccc(-c2nc([C@H](Cc3ccccc3)NC(=O)NCc3ccc(Cl)s3)[nH]c2Cl)cc1. The van der Waals surface area contributed by atoms with Gasteiger partial charge in [-0.05, 0) is 36.2 Å². The van der Waals surface area contributed by atoms with Gasteiger partial charge in [-0.3, -0.25) is 5.32 Å². The van der Waals surface area contributed by atoms with E-state index < -0.39 is 12.1 Å². The van der Waals surface area contributed by atoms with Gasteiger partial charge in [0.2, 0.25) is 0 Å². The molecule has 4 rings (SSSR count). The van der Waals surface area contributed by atoms with E-state index in [2.05, 4.69) is 25.7 Å². The van der Waals surface area contributed by atoms with Gasteiger partial charge in [0.15, 0.2) is 0 Å². The molecular formula is C25H23Cl2N5O3S. The van der Waals surface area contributed by atoms with Crippen molar-refractivity contribution in [2.24, 2.45) is 0 Å². The summed E-state index contributed by atoms with van der Waals surface area (Å²) < 4.78 is 5.28. The molecule has 11 heteroatoms. The van der Waals surface area contributed by atoms with Gasteiger partial charge in [-0.15, -0.1) is 11.3 Å². The summed E-state index contributed by atoms with van der Waals surface area (Å²) in [5.74, 6) is 0.518. The van der Waals surface area contributed by atoms with Crippen molar-refractivity contribution in [3.05, 3.63) is 92.5 Å². The maximum absolute atomic E-state index is 12.7. The Labute approximate surface area is 222 Å². The molecule has 0 aliphatic carbocycles. The Balaban J connectivity index is 1.52. The van der Waals surface area contributed by atoms with E-state index in [0.29, 0.717) is 39.7 Å². The third kappa shape index (κ3) is 6.78. The van der Waals surface area contributed by atoms with Crippen LogP contribution >= 0.6 is 34.5 Å². The molecule has 0 unspecified atom stereocenters. The van der Waals surface area contributed by atoms with Crippen LogP contribution in [0.5, 0.6) is 0 Å². The summed E-state index contributed by atoms with van der Waals surface area (Å²) in [6.45, 7) is 0.359. The number of carbonyl (C=O) groups is 2. The number of hydrogen-bond acceptors (Lipinski definition) is 5. The van der Waals surface area contributed by atoms with E-state index in [4.69, 9.17) is 28.2 Å². The smallest absolute Gasteiger partial charge is 0.411 e. The highest BCUT2D eigenvalue weighted by molar-refractivity contribution is 7.16. The van der Waals surface area contributed by atoms with Gasteiger partial charge in [0.25, 0.3) is 0 Å². The zero-order chi connectivity index (χ0) is 25.5. The van der Waals surface area contributed by atoms with Crippen LogP contribution in [0.4, 0.5) is 15.3 Å². The van der Waals surface area contributed by atoms with Crippen molar-refractivity contribution in [2.75, 3.05) is 12.4 Å². The number of nitrogens with zero attached hydrogens (tertiary/aromatic N) is 1. The number of carbonyl (C=O) groups excluding carboxylic acids is 2. The molecule has 2 aromatic heterocycles. The third-order valence-corrected chi connectivity index (χ3v) is 6.74. The molecule has 0 radical (unpaired) electrons. The molecule has 4 N–H and O–H groups in total. The van der Waals surface area contributed by atoms with Gasteiger partial charge in [0.05, 0.1) is 24.0 Å². The van der Waals surface area contributed by atoms with Crippen molar-refractivity contribution in [1.29, 1.82) is 0 Å². The molecule has 36 heavy (non-hydrogen) atoms. The highest BCUT2D eigenvalue weighted by atomic mass is 35.5. The number of aromatic amines is 1. The van der Waals surface area contributed by atoms with Crippen LogP contribution in [0.15, 0.2) is 66.7 Å². The average Bonchev–Trinajstić information content (AvgIpc) is 3.48. The minimum Gasteiger partial charge on any atom is -0.453 e. The largest absolute Gasteiger partial charge is 0.453 e. The van der Waals surface area contributed by atoms with Crippen LogP contribution in [-0.4, -0.2) is 29.2 Å². The number of methoxy groups -OCH3 is 1. The van der Waals surface area contributed by atoms with Crippen LogP contribution in [-0.2, 0) is 17.7 Å². The number of anilines is 1. The van der Waals surface area contributed by atoms with Crippen molar-refractivity contribution in [3.8, 4) is 11.3 Å². The summed E-state index contributed by atoms with van der Waals surface area (Å²) in [6, 6.07) is 19.7. The topological polar surface area (TPSA) is 108 Å². The lowest BCUT2D eigenvalue weighted by Crippen LogP contribution is -2.38. The quantitative estimate of drug-likeness (QED) is 0.206. The van der Waals surface area contributed by atoms with Gasteiger partial charge in [0.1, 0.15) is 16.7 Å². The number of halogens is 2. The second-order valence-corrected chi connectivity index (χ2v) is 9.93. The fourth-order valence-electron chi connectivity index (χ4n) is 3.50. The Morgan fingerprint density at radius 2 is 1.81 bits per heavy atom. The molecule has 8 nitrogen and oxygen atoms in total. The van der Waals surface area contributed by atoms with E-state index in [0.717, 1.165) is 16.0 Å². The molecule has 2 heterocycles. The fourth-order valence-corrected chi connectivity index (χ4v) is 4.77. The second kappa shape index (κ2) is 11.9. The maximum atomic E-state index is 12.7. The number of ether oxygens (including phenoxy) is 1. The molecule has 3 amide bonds. The van der Waals surface area contributed by atoms with Crippen LogP contribution in [0.25, 0.3) is 11.3 Å². The fraction of sp³-hybridized carbons (Fsp3) is 0.160. The molecule has 2 aromatic carbocycles. The number of rotatable bonds is 8. The van der Waals surface area contributed by atoms with E-state index in [1.807, 2.05) is 36.4 Å². The molecule has 0 aliphatic rings. The molecule has 4 aromatic rings. The zero-order valence-electron chi connectivity index (χ0n) is 19.2. The minimum absolute atomic E-state index is 0.340. The monoisotopic (exact) mass is 543 g/mol. The summed E-state index contributed by atoms with van der Waals surface area (Å²) in [7, 11) is 1.30. The molecule has 0 aliphatic heterocycles. The molecule has 0 saturated heterocycles. The normalized spacial score (nSPS) is 11.5. The van der Waals surface area contributed by atoms with E-state index in [-0.39, 0.29) is 6.03 Å². The standard InChI is InChI=1S/C25H23Cl2N5O3S/c1-35-25(34)29-17-9-7-16(8-10-17)21-22(27)32-23(31-21)19(13-15-5-3-2-4-6-15)30-24(33)28-14-18-11-12-20(26)36-18/h2-12,19H,13-14H2,1H3,(H,29,34)(H,31,32)(H2,28,30,33)/t19-/m0/s1. The van der Waals surface area contributed by atoms with Crippen LogP contribution in [0.2, 0.25) is 9.49 Å². The Morgan fingerprint density at radius 1 is 1.06 bits per heavy atom. The van der Waals surface area contributed by atoms with Crippen molar-refractivity contribution >= 4 is 52.4 Å². The molecule has 186 valence electrons. The first-order valence-electron chi connectivity index (χ1n) is 10.9. The van der Waals surface area contributed by atoms with E-state index in [1.165, 1.54) is 18.4 Å². The summed E-state index contributed by atoms with van der Waals surface area (Å²) in [5, 5.41) is 8.80. The number of hydrogen-bond donors (Lipinski definition) is 4. The predicted octanol–water partition coefficient (Wildman–Crippen LogP) is 6.41. The number of thiophene rings is 1. The van der Waals surface area contributed by atoms with Crippen LogP contribution < -0.4 is 16.0 Å². The number of H-pyrrole nitrogens is 1. The summed E-state index contributed by atoms with van der Waals surface area (Å²) >= 11 is 13.9. The summed E-state index contributed by atoms with van der Waals surface area (Å²) in [5.41, 5.74) is 2.88. The lowest BCUT2D eigenvalue weighted by atomic mass is 10.1. The predicted molar refractivity (Wildman–Crippen MR) is 143 cm³/mol. The highest BCUT2D eigenvalue weighted by Gasteiger charge is 2.21. The molecule has 1 atom stereocenters. The Bertz CT molecular complexity index is 1330. The first kappa shape index (κ1) is 25.6. The highest BCUT2D eigenvalue weighted by Crippen LogP contribution is 2.29. The van der Waals surface area contributed by atoms with Crippen LogP contribution in [0, 0.1) is 0 Å². The lowest BCUT2D eigenvalue weighted by molar-refractivity contribution is 0.187. The molecule has 0 spiro atoms. The average molecular weight is 544 g/mol. The van der Waals surface area contributed by atoms with Crippen molar-refractivity contribution < 1.29 is 14.3 Å². The molecular weight excluding hydrogens is 521 g/mol. The molecule has 0 bridgehead atoms. The summed E-state index contributed by atoms with van der Waals surface area (Å²) in [4.78, 5) is 32.9. The van der Waals surface area contributed by atoms with E-state index in [1.54, 1.807) is 30.3 Å². The third-order valence-electron chi connectivity index (χ3n) is 5.24. The van der Waals surface area contributed by atoms with Gasteiger partial charge in [-0.25, -0.2) is 14.6 Å². The summed E-state index contributed by atoms with van der Waals surface area (Å²) in [6.07, 6.45) is -0.0530. The molecule has 0 fully saturated rings. The first-order valence-corrected chi connectivity index (χ1v) is 12.5. The number of aromatic nitrogens is 2. The Morgan fingerprint density at radius 3 is 2.47 bits per heavy atom. The first-order chi connectivity index (χ1) is 17.4. The van der Waals surface area contributed by atoms with Gasteiger partial charge in [-0.1, -0.05) is 65.7 Å². The lowest BCUT2D eigenvalue weighted by Gasteiger charge is -2.17. The van der Waals surface area contributed by atoms with Crippen molar-refractivity contribution in [2.45, 2.75) is 19.0 Å². The molecule has 0 saturated carbocycles. The zero-order valence-corrected chi connectivity index (χ0v) is 21.5. The van der Waals surface area contributed by atoms with Gasteiger partial charge in [-0.2, -0.15) is 0 Å². The van der Waals surface area contributed by atoms with E-state index >= 15 is 0 Å². The number of imidazole rings is 1. The van der Waals surface area contributed by atoms with Gasteiger partial charge in [0, 0.05) is 16.1 Å². The van der Waals surface area contributed by atoms with E-state index in [9.17, 15) is 9.59 Å². The van der Waals surface area contributed by atoms with Gasteiger partial charge >= 0.3 is 12.1 Å². The maximum Gasteiger partial charge on any atom is 0.411 e.